The monoisotopic (exact) mass is 388 g/mol. The molecule has 0 spiro atoms. The molecule has 0 atom stereocenters. The first-order valence-electron chi connectivity index (χ1n) is 8.85. The van der Waals surface area contributed by atoms with E-state index in [1.807, 2.05) is 18.2 Å². The summed E-state index contributed by atoms with van der Waals surface area (Å²) in [4.78, 5) is 16.8. The molecule has 0 bridgehead atoms. The topological polar surface area (TPSA) is 96.3 Å². The summed E-state index contributed by atoms with van der Waals surface area (Å²) in [5, 5.41) is 15.0. The molecule has 0 saturated carbocycles. The number of nitrogens with zero attached hydrogens (tertiary/aromatic N) is 2. The maximum atomic E-state index is 12.5. The Kier molecular flexibility index (Phi) is 6.28. The molecule has 7 heteroatoms. The maximum Gasteiger partial charge on any atom is 0.251 e. The molecule has 0 saturated heterocycles. The molecule has 0 aliphatic heterocycles. The Labute approximate surface area is 168 Å². The van der Waals surface area contributed by atoms with Crippen LogP contribution in [0.15, 0.2) is 60.8 Å². The third kappa shape index (κ3) is 5.02. The zero-order valence-electron chi connectivity index (χ0n) is 16.1. The number of carbonyl (C=O) groups excluding carboxylic acids is 1. The predicted octanol–water partition coefficient (Wildman–Crippen LogP) is 3.64. The van der Waals surface area contributed by atoms with Gasteiger partial charge in [0.15, 0.2) is 11.5 Å². The lowest BCUT2D eigenvalue weighted by Crippen LogP contribution is -2.23. The zero-order valence-corrected chi connectivity index (χ0v) is 16.1. The molecular weight excluding hydrogens is 368 g/mol. The van der Waals surface area contributed by atoms with E-state index in [4.69, 9.17) is 14.7 Å². The van der Waals surface area contributed by atoms with E-state index in [-0.39, 0.29) is 5.91 Å². The van der Waals surface area contributed by atoms with Crippen LogP contribution in [0.25, 0.3) is 0 Å². The van der Waals surface area contributed by atoms with Crippen LogP contribution in [-0.4, -0.2) is 25.1 Å². The van der Waals surface area contributed by atoms with Gasteiger partial charge in [0.1, 0.15) is 5.82 Å². The Morgan fingerprint density at radius 2 is 1.90 bits per heavy atom. The van der Waals surface area contributed by atoms with Crippen molar-refractivity contribution in [2.24, 2.45) is 0 Å². The van der Waals surface area contributed by atoms with E-state index in [1.54, 1.807) is 56.8 Å². The van der Waals surface area contributed by atoms with Crippen LogP contribution in [0.1, 0.15) is 21.5 Å². The number of hydrogen-bond acceptors (Lipinski definition) is 6. The Hall–Kier alpha value is -4.05. The lowest BCUT2D eigenvalue weighted by atomic mass is 10.2. The van der Waals surface area contributed by atoms with Crippen molar-refractivity contribution in [2.45, 2.75) is 6.54 Å². The van der Waals surface area contributed by atoms with E-state index in [0.29, 0.717) is 35.0 Å². The summed E-state index contributed by atoms with van der Waals surface area (Å²) >= 11 is 0. The highest BCUT2D eigenvalue weighted by molar-refractivity contribution is 5.94. The number of methoxy groups -OCH3 is 2. The van der Waals surface area contributed by atoms with Crippen molar-refractivity contribution in [3.63, 3.8) is 0 Å². The van der Waals surface area contributed by atoms with Crippen LogP contribution in [0.4, 0.5) is 11.5 Å². The third-order valence-electron chi connectivity index (χ3n) is 4.19. The predicted molar refractivity (Wildman–Crippen MR) is 109 cm³/mol. The minimum atomic E-state index is -0.226. The van der Waals surface area contributed by atoms with Crippen molar-refractivity contribution in [1.82, 2.24) is 10.3 Å². The number of rotatable bonds is 7. The molecule has 1 amide bonds. The summed E-state index contributed by atoms with van der Waals surface area (Å²) in [5.74, 6) is 1.53. The first-order valence-corrected chi connectivity index (χ1v) is 8.85. The number of benzene rings is 2. The molecule has 0 radical (unpaired) electrons. The minimum absolute atomic E-state index is 0.226. The molecule has 0 aliphatic rings. The fraction of sp³-hybridized carbons (Fsp3) is 0.136. The van der Waals surface area contributed by atoms with Crippen molar-refractivity contribution in [3.05, 3.63) is 77.5 Å². The largest absolute Gasteiger partial charge is 0.493 e. The number of amides is 1. The second kappa shape index (κ2) is 9.24. The fourth-order valence-corrected chi connectivity index (χ4v) is 2.73. The number of ether oxygens (including phenoxy) is 2. The number of nitriles is 1. The normalized spacial score (nSPS) is 9.97. The molecule has 3 rings (SSSR count). The van der Waals surface area contributed by atoms with Gasteiger partial charge in [0.2, 0.25) is 0 Å². The molecule has 0 fully saturated rings. The van der Waals surface area contributed by atoms with Gasteiger partial charge in [0.25, 0.3) is 5.91 Å². The van der Waals surface area contributed by atoms with E-state index in [1.165, 1.54) is 0 Å². The molecule has 29 heavy (non-hydrogen) atoms. The van der Waals surface area contributed by atoms with Crippen LogP contribution in [0, 0.1) is 11.3 Å². The van der Waals surface area contributed by atoms with Crippen molar-refractivity contribution in [1.29, 1.82) is 5.26 Å². The van der Waals surface area contributed by atoms with E-state index < -0.39 is 0 Å². The summed E-state index contributed by atoms with van der Waals surface area (Å²) < 4.78 is 10.5. The van der Waals surface area contributed by atoms with Crippen molar-refractivity contribution >= 4 is 17.4 Å². The molecule has 1 aromatic heterocycles. The average molecular weight is 388 g/mol. The first kappa shape index (κ1) is 19.7. The maximum absolute atomic E-state index is 12.5. The standard InChI is InChI=1S/C22H20N4O3/c1-28-19-7-6-16(11-20(19)29-2)14-25-22(27)17-8-9-24-21(12-17)26-18-5-3-4-15(10-18)13-23/h3-12H,14H2,1-2H3,(H,24,26)(H,25,27). The Bertz CT molecular complexity index is 1060. The van der Waals surface area contributed by atoms with Crippen LogP contribution in [0.5, 0.6) is 11.5 Å². The molecule has 0 aliphatic carbocycles. The molecular formula is C22H20N4O3. The van der Waals surface area contributed by atoms with Gasteiger partial charge in [-0.2, -0.15) is 5.26 Å². The quantitative estimate of drug-likeness (QED) is 0.641. The van der Waals surface area contributed by atoms with Gasteiger partial charge in [-0.25, -0.2) is 4.98 Å². The number of pyridine rings is 1. The summed E-state index contributed by atoms with van der Waals surface area (Å²) in [6, 6.07) is 17.9. The van der Waals surface area contributed by atoms with Gasteiger partial charge >= 0.3 is 0 Å². The van der Waals surface area contributed by atoms with Crippen LogP contribution in [-0.2, 0) is 6.54 Å². The Morgan fingerprint density at radius 1 is 1.07 bits per heavy atom. The van der Waals surface area contributed by atoms with E-state index in [0.717, 1.165) is 11.3 Å². The highest BCUT2D eigenvalue weighted by Crippen LogP contribution is 2.27. The number of aromatic nitrogens is 1. The average Bonchev–Trinajstić information content (AvgIpc) is 2.77. The lowest BCUT2D eigenvalue weighted by Gasteiger charge is -2.11. The molecule has 7 nitrogen and oxygen atoms in total. The van der Waals surface area contributed by atoms with Gasteiger partial charge in [-0.3, -0.25) is 4.79 Å². The summed E-state index contributed by atoms with van der Waals surface area (Å²) in [5.41, 5.74) is 2.62. The SMILES string of the molecule is COc1ccc(CNC(=O)c2ccnc(Nc3cccc(C#N)c3)c2)cc1OC. The zero-order chi connectivity index (χ0) is 20.6. The highest BCUT2D eigenvalue weighted by Gasteiger charge is 2.09. The number of hydrogen-bond donors (Lipinski definition) is 2. The van der Waals surface area contributed by atoms with Gasteiger partial charge in [0.05, 0.1) is 25.9 Å². The van der Waals surface area contributed by atoms with Crippen LogP contribution in [0.3, 0.4) is 0 Å². The van der Waals surface area contributed by atoms with Crippen LogP contribution < -0.4 is 20.1 Å². The van der Waals surface area contributed by atoms with Crippen LogP contribution in [0.2, 0.25) is 0 Å². The number of anilines is 2. The molecule has 3 aromatic rings. The molecule has 0 unspecified atom stereocenters. The highest BCUT2D eigenvalue weighted by atomic mass is 16.5. The van der Waals surface area contributed by atoms with Gasteiger partial charge in [-0.1, -0.05) is 12.1 Å². The van der Waals surface area contributed by atoms with Crippen LogP contribution >= 0.6 is 0 Å². The summed E-state index contributed by atoms with van der Waals surface area (Å²) in [7, 11) is 3.14. The molecule has 2 aromatic carbocycles. The molecule has 146 valence electrons. The second-order valence-electron chi connectivity index (χ2n) is 6.12. The first-order chi connectivity index (χ1) is 14.1. The molecule has 1 heterocycles. The van der Waals surface area contributed by atoms with Crippen molar-refractivity contribution < 1.29 is 14.3 Å². The minimum Gasteiger partial charge on any atom is -0.493 e. The van der Waals surface area contributed by atoms with Crippen molar-refractivity contribution in [2.75, 3.05) is 19.5 Å². The van der Waals surface area contributed by atoms with E-state index in [2.05, 4.69) is 21.7 Å². The van der Waals surface area contributed by atoms with Gasteiger partial charge in [-0.05, 0) is 48.0 Å². The summed E-state index contributed by atoms with van der Waals surface area (Å²) in [6.45, 7) is 0.342. The Morgan fingerprint density at radius 3 is 2.66 bits per heavy atom. The smallest absolute Gasteiger partial charge is 0.251 e. The van der Waals surface area contributed by atoms with E-state index >= 15 is 0 Å². The lowest BCUT2D eigenvalue weighted by molar-refractivity contribution is 0.0951. The third-order valence-corrected chi connectivity index (χ3v) is 4.19. The van der Waals surface area contributed by atoms with E-state index in [9.17, 15) is 4.79 Å². The van der Waals surface area contributed by atoms with Gasteiger partial charge in [-0.15, -0.1) is 0 Å². The second-order valence-corrected chi connectivity index (χ2v) is 6.12. The summed E-state index contributed by atoms with van der Waals surface area (Å²) in [6.07, 6.45) is 1.56. The fourth-order valence-electron chi connectivity index (χ4n) is 2.73. The van der Waals surface area contributed by atoms with Crippen molar-refractivity contribution in [3.8, 4) is 17.6 Å². The Balaban J connectivity index is 1.67. The number of nitrogens with one attached hydrogen (secondary N) is 2. The van der Waals surface area contributed by atoms with Gasteiger partial charge < -0.3 is 20.1 Å². The number of carbonyl (C=O) groups is 1. The van der Waals surface area contributed by atoms with Gasteiger partial charge in [0, 0.05) is 24.0 Å². The molecule has 2 N–H and O–H groups in total.